The van der Waals surface area contributed by atoms with Crippen molar-refractivity contribution in [2.75, 3.05) is 6.61 Å². The number of esters is 1. The molecule has 5 heteroatoms. The van der Waals surface area contributed by atoms with E-state index in [1.807, 2.05) is 0 Å². The Morgan fingerprint density at radius 1 is 1.53 bits per heavy atom. The first-order valence-electron chi connectivity index (χ1n) is 7.15. The molecule has 1 saturated heterocycles. The van der Waals surface area contributed by atoms with E-state index in [1.54, 1.807) is 0 Å². The summed E-state index contributed by atoms with van der Waals surface area (Å²) in [6.07, 6.45) is 4.33. The molecule has 0 aromatic heterocycles. The smallest absolute Gasteiger partial charge is 0.407 e. The summed E-state index contributed by atoms with van der Waals surface area (Å²) in [4.78, 5) is 22.6. The number of carbonyl (C=O) groups is 2. The van der Waals surface area contributed by atoms with E-state index >= 15 is 0 Å². The molecule has 1 amide bonds. The first-order chi connectivity index (χ1) is 9.04. The average Bonchev–Trinajstić information content (AvgIpc) is 2.51. The predicted octanol–water partition coefficient (Wildman–Crippen LogP) is 2.63. The number of hydrogen-bond donors (Lipinski definition) is 1. The summed E-state index contributed by atoms with van der Waals surface area (Å²) in [6, 6.07) is -0.157. The molecule has 0 saturated carbocycles. The molecule has 0 bridgehead atoms. The molecule has 110 valence electrons. The topological polar surface area (TPSA) is 64.6 Å². The van der Waals surface area contributed by atoms with Crippen molar-refractivity contribution in [1.82, 2.24) is 5.32 Å². The van der Waals surface area contributed by atoms with Crippen LogP contribution in [0.4, 0.5) is 4.79 Å². The Bertz CT molecular complexity index is 306. The SMILES string of the molecule is CCCCC[C@H](C)C1NC(=O)OCC[C@H]1OC(C)=O. The van der Waals surface area contributed by atoms with Gasteiger partial charge in [-0.15, -0.1) is 0 Å². The number of ether oxygens (including phenoxy) is 2. The summed E-state index contributed by atoms with van der Waals surface area (Å²) in [6.45, 7) is 5.93. The molecule has 0 aromatic carbocycles. The summed E-state index contributed by atoms with van der Waals surface area (Å²) in [5.74, 6) is -0.0477. The van der Waals surface area contributed by atoms with Gasteiger partial charge in [0.05, 0.1) is 12.6 Å². The zero-order valence-corrected chi connectivity index (χ0v) is 12.1. The lowest BCUT2D eigenvalue weighted by atomic mass is 9.90. The van der Waals surface area contributed by atoms with Crippen LogP contribution >= 0.6 is 0 Å². The number of nitrogens with one attached hydrogen (secondary N) is 1. The van der Waals surface area contributed by atoms with E-state index in [2.05, 4.69) is 19.2 Å². The van der Waals surface area contributed by atoms with Crippen molar-refractivity contribution in [3.05, 3.63) is 0 Å². The molecule has 1 fully saturated rings. The van der Waals surface area contributed by atoms with Crippen LogP contribution in [0.25, 0.3) is 0 Å². The molecular formula is C14H25NO4. The molecule has 0 spiro atoms. The van der Waals surface area contributed by atoms with Gasteiger partial charge in [0.25, 0.3) is 0 Å². The second kappa shape index (κ2) is 8.02. The monoisotopic (exact) mass is 271 g/mol. The van der Waals surface area contributed by atoms with Gasteiger partial charge in [-0.25, -0.2) is 4.79 Å². The number of amides is 1. The molecule has 1 aliphatic heterocycles. The fourth-order valence-electron chi connectivity index (χ4n) is 2.47. The van der Waals surface area contributed by atoms with E-state index in [4.69, 9.17) is 9.47 Å². The van der Waals surface area contributed by atoms with Crippen molar-refractivity contribution in [1.29, 1.82) is 0 Å². The van der Waals surface area contributed by atoms with Crippen molar-refractivity contribution < 1.29 is 19.1 Å². The van der Waals surface area contributed by atoms with Crippen LogP contribution in [0.15, 0.2) is 0 Å². The van der Waals surface area contributed by atoms with Crippen LogP contribution in [0.3, 0.4) is 0 Å². The lowest BCUT2D eigenvalue weighted by Crippen LogP contribution is -2.47. The highest BCUT2D eigenvalue weighted by atomic mass is 16.6. The van der Waals surface area contributed by atoms with Crippen LogP contribution in [0.1, 0.15) is 52.9 Å². The van der Waals surface area contributed by atoms with Crippen LogP contribution in [-0.4, -0.2) is 30.8 Å². The summed E-state index contributed by atoms with van der Waals surface area (Å²) < 4.78 is 10.3. The minimum atomic E-state index is -0.415. The minimum Gasteiger partial charge on any atom is -0.460 e. The molecular weight excluding hydrogens is 246 g/mol. The second-order valence-electron chi connectivity index (χ2n) is 5.22. The van der Waals surface area contributed by atoms with E-state index in [0.29, 0.717) is 13.0 Å². The quantitative estimate of drug-likeness (QED) is 0.596. The fraction of sp³-hybridized carbons (Fsp3) is 0.857. The normalized spacial score (nSPS) is 24.9. The first kappa shape index (κ1) is 15.8. The van der Waals surface area contributed by atoms with Crippen LogP contribution in [0.2, 0.25) is 0 Å². The maximum absolute atomic E-state index is 11.5. The predicted molar refractivity (Wildman–Crippen MR) is 71.7 cm³/mol. The third-order valence-electron chi connectivity index (χ3n) is 3.51. The van der Waals surface area contributed by atoms with Crippen LogP contribution in [0.5, 0.6) is 0 Å². The van der Waals surface area contributed by atoms with E-state index in [1.165, 1.54) is 19.8 Å². The van der Waals surface area contributed by atoms with Gasteiger partial charge in [0.1, 0.15) is 6.10 Å². The van der Waals surface area contributed by atoms with Gasteiger partial charge in [0, 0.05) is 13.3 Å². The lowest BCUT2D eigenvalue weighted by molar-refractivity contribution is -0.148. The molecule has 0 radical (unpaired) electrons. The van der Waals surface area contributed by atoms with E-state index in [0.717, 1.165) is 12.8 Å². The number of cyclic esters (lactones) is 1. The van der Waals surface area contributed by atoms with Crippen LogP contribution in [0, 0.1) is 5.92 Å². The van der Waals surface area contributed by atoms with Crippen LogP contribution < -0.4 is 5.32 Å². The van der Waals surface area contributed by atoms with Crippen molar-refractivity contribution in [3.8, 4) is 0 Å². The van der Waals surface area contributed by atoms with Crippen molar-refractivity contribution in [2.24, 2.45) is 5.92 Å². The van der Waals surface area contributed by atoms with Gasteiger partial charge in [0.15, 0.2) is 0 Å². The number of alkyl carbamates (subject to hydrolysis) is 1. The van der Waals surface area contributed by atoms with E-state index < -0.39 is 6.09 Å². The zero-order chi connectivity index (χ0) is 14.3. The highest BCUT2D eigenvalue weighted by Crippen LogP contribution is 2.21. The Morgan fingerprint density at radius 2 is 2.26 bits per heavy atom. The maximum atomic E-state index is 11.5. The number of hydrogen-bond acceptors (Lipinski definition) is 4. The first-order valence-corrected chi connectivity index (χ1v) is 7.15. The Morgan fingerprint density at radius 3 is 2.89 bits per heavy atom. The Kier molecular flexibility index (Phi) is 6.67. The largest absolute Gasteiger partial charge is 0.460 e. The molecule has 1 aliphatic rings. The molecule has 3 atom stereocenters. The lowest BCUT2D eigenvalue weighted by Gasteiger charge is -2.29. The number of rotatable bonds is 6. The second-order valence-corrected chi connectivity index (χ2v) is 5.22. The number of carbonyl (C=O) groups excluding carboxylic acids is 2. The van der Waals surface area contributed by atoms with Crippen molar-refractivity contribution in [2.45, 2.75) is 65.0 Å². The minimum absolute atomic E-state index is 0.157. The summed E-state index contributed by atoms with van der Waals surface area (Å²) in [5, 5.41) is 2.82. The molecule has 1 unspecified atom stereocenters. The molecule has 5 nitrogen and oxygen atoms in total. The van der Waals surface area contributed by atoms with E-state index in [9.17, 15) is 9.59 Å². The van der Waals surface area contributed by atoms with Gasteiger partial charge in [-0.05, 0) is 12.3 Å². The van der Waals surface area contributed by atoms with Gasteiger partial charge in [-0.1, -0.05) is 33.1 Å². The summed E-state index contributed by atoms with van der Waals surface area (Å²) in [5.41, 5.74) is 0. The maximum Gasteiger partial charge on any atom is 0.407 e. The zero-order valence-electron chi connectivity index (χ0n) is 12.1. The Hall–Kier alpha value is -1.26. The Labute approximate surface area is 115 Å². The molecule has 1 rings (SSSR count). The van der Waals surface area contributed by atoms with Crippen molar-refractivity contribution >= 4 is 12.1 Å². The van der Waals surface area contributed by atoms with Crippen molar-refractivity contribution in [3.63, 3.8) is 0 Å². The number of unbranched alkanes of at least 4 members (excludes halogenated alkanes) is 2. The third kappa shape index (κ3) is 5.49. The molecule has 1 N–H and O–H groups in total. The molecule has 0 aromatic rings. The third-order valence-corrected chi connectivity index (χ3v) is 3.51. The standard InChI is InChI=1S/C14H25NO4/c1-4-5-6-7-10(2)13-12(19-11(3)16)8-9-18-14(17)15-13/h10,12-13H,4-9H2,1-3H3,(H,15,17)/t10-,12+,13?/m0/s1. The summed E-state index contributed by atoms with van der Waals surface area (Å²) in [7, 11) is 0. The average molecular weight is 271 g/mol. The molecule has 19 heavy (non-hydrogen) atoms. The molecule has 1 heterocycles. The van der Waals surface area contributed by atoms with E-state index in [-0.39, 0.29) is 24.0 Å². The van der Waals surface area contributed by atoms with Gasteiger partial charge in [-0.2, -0.15) is 0 Å². The molecule has 0 aliphatic carbocycles. The highest BCUT2D eigenvalue weighted by molar-refractivity contribution is 5.69. The Balaban J connectivity index is 2.63. The fourth-order valence-corrected chi connectivity index (χ4v) is 2.47. The van der Waals surface area contributed by atoms with Crippen LogP contribution in [-0.2, 0) is 14.3 Å². The van der Waals surface area contributed by atoms with Gasteiger partial charge in [-0.3, -0.25) is 4.79 Å². The van der Waals surface area contributed by atoms with Gasteiger partial charge < -0.3 is 14.8 Å². The van der Waals surface area contributed by atoms with Gasteiger partial charge in [0.2, 0.25) is 0 Å². The summed E-state index contributed by atoms with van der Waals surface area (Å²) >= 11 is 0. The van der Waals surface area contributed by atoms with Gasteiger partial charge >= 0.3 is 12.1 Å². The highest BCUT2D eigenvalue weighted by Gasteiger charge is 2.33.